The molecule has 1 saturated carbocycles. The molecule has 0 spiro atoms. The third-order valence-corrected chi connectivity index (χ3v) is 2.70. The number of furan rings is 1. The Kier molecular flexibility index (Phi) is 2.95. The highest BCUT2D eigenvalue weighted by Crippen LogP contribution is 2.47. The highest BCUT2D eigenvalue weighted by atomic mass is 16.3. The number of hydrazone groups is 1. The van der Waals surface area contributed by atoms with Crippen LogP contribution in [0, 0.1) is 5.92 Å². The number of carbonyl (C=O) groups is 2. The second kappa shape index (κ2) is 4.40. The van der Waals surface area contributed by atoms with Gasteiger partial charge in [0.2, 0.25) is 0 Å². The van der Waals surface area contributed by atoms with Gasteiger partial charge in [-0.1, -0.05) is 6.92 Å². The van der Waals surface area contributed by atoms with E-state index >= 15 is 0 Å². The molecular formula is C11H13N3O3. The van der Waals surface area contributed by atoms with Crippen LogP contribution in [0.3, 0.4) is 0 Å². The average molecular weight is 235 g/mol. The van der Waals surface area contributed by atoms with Crippen LogP contribution in [0.25, 0.3) is 0 Å². The monoisotopic (exact) mass is 235 g/mol. The molecule has 1 aromatic heterocycles. The molecule has 1 aliphatic carbocycles. The van der Waals surface area contributed by atoms with Gasteiger partial charge >= 0.3 is 11.8 Å². The quantitative estimate of drug-likeness (QED) is 0.449. The minimum Gasteiger partial charge on any atom is -0.460 e. The molecule has 1 heterocycles. The normalized spacial score (nSPS) is 22.6. The second-order valence-electron chi connectivity index (χ2n) is 4.12. The zero-order valence-corrected chi connectivity index (χ0v) is 9.34. The Hall–Kier alpha value is -2.11. The van der Waals surface area contributed by atoms with E-state index in [0.717, 1.165) is 12.2 Å². The van der Waals surface area contributed by atoms with Crippen molar-refractivity contribution < 1.29 is 14.0 Å². The van der Waals surface area contributed by atoms with E-state index in [9.17, 15) is 9.59 Å². The first kappa shape index (κ1) is 11.4. The Bertz CT molecular complexity index is 478. The number of hydrogen-bond donors (Lipinski definition) is 2. The van der Waals surface area contributed by atoms with E-state index in [1.165, 1.54) is 6.21 Å². The van der Waals surface area contributed by atoms with E-state index in [2.05, 4.69) is 12.0 Å². The molecular weight excluding hydrogens is 222 g/mol. The summed E-state index contributed by atoms with van der Waals surface area (Å²) in [7, 11) is 0. The van der Waals surface area contributed by atoms with Crippen LogP contribution in [0.2, 0.25) is 0 Å². The van der Waals surface area contributed by atoms with Crippen molar-refractivity contribution in [1.29, 1.82) is 0 Å². The lowest BCUT2D eigenvalue weighted by molar-refractivity contribution is -0.137. The fourth-order valence-corrected chi connectivity index (χ4v) is 1.57. The first-order chi connectivity index (χ1) is 8.08. The molecule has 0 radical (unpaired) electrons. The van der Waals surface area contributed by atoms with E-state index < -0.39 is 11.8 Å². The zero-order chi connectivity index (χ0) is 12.4. The van der Waals surface area contributed by atoms with Crippen LogP contribution in [0.15, 0.2) is 21.7 Å². The summed E-state index contributed by atoms with van der Waals surface area (Å²) < 4.78 is 5.50. The van der Waals surface area contributed by atoms with Crippen molar-refractivity contribution in [3.8, 4) is 0 Å². The molecule has 17 heavy (non-hydrogen) atoms. The van der Waals surface area contributed by atoms with Gasteiger partial charge in [0, 0.05) is 5.92 Å². The van der Waals surface area contributed by atoms with Crippen LogP contribution < -0.4 is 11.2 Å². The first-order valence-electron chi connectivity index (χ1n) is 5.30. The van der Waals surface area contributed by atoms with E-state index in [1.807, 2.05) is 11.5 Å². The summed E-state index contributed by atoms with van der Waals surface area (Å²) in [5, 5.41) is 3.56. The van der Waals surface area contributed by atoms with Crippen molar-refractivity contribution in [2.24, 2.45) is 16.8 Å². The van der Waals surface area contributed by atoms with Crippen LogP contribution in [0.1, 0.15) is 30.8 Å². The van der Waals surface area contributed by atoms with Crippen LogP contribution in [0.4, 0.5) is 0 Å². The van der Waals surface area contributed by atoms with Crippen LogP contribution in [-0.4, -0.2) is 18.0 Å². The molecule has 6 nitrogen and oxygen atoms in total. The van der Waals surface area contributed by atoms with Gasteiger partial charge in [-0.3, -0.25) is 9.59 Å². The fraction of sp³-hybridized carbons (Fsp3) is 0.364. The minimum absolute atomic E-state index is 0.498. The lowest BCUT2D eigenvalue weighted by atomic mass is 10.3. The Morgan fingerprint density at radius 2 is 2.29 bits per heavy atom. The Morgan fingerprint density at radius 3 is 2.88 bits per heavy atom. The number of nitrogens with zero attached hydrogens (tertiary/aromatic N) is 1. The maximum absolute atomic E-state index is 10.8. The van der Waals surface area contributed by atoms with Crippen LogP contribution >= 0.6 is 0 Å². The fourth-order valence-electron chi connectivity index (χ4n) is 1.57. The maximum Gasteiger partial charge on any atom is 0.329 e. The van der Waals surface area contributed by atoms with Gasteiger partial charge in [0.05, 0.1) is 6.21 Å². The van der Waals surface area contributed by atoms with E-state index in [0.29, 0.717) is 17.6 Å². The van der Waals surface area contributed by atoms with E-state index in [4.69, 9.17) is 10.2 Å². The average Bonchev–Trinajstić information content (AvgIpc) is 2.83. The molecule has 1 fully saturated rings. The number of rotatable bonds is 3. The van der Waals surface area contributed by atoms with E-state index in [1.54, 1.807) is 6.07 Å². The number of amides is 2. The van der Waals surface area contributed by atoms with Crippen molar-refractivity contribution in [3.63, 3.8) is 0 Å². The Labute approximate surface area is 97.9 Å². The summed E-state index contributed by atoms with van der Waals surface area (Å²) in [6, 6.07) is 3.66. The Morgan fingerprint density at radius 1 is 1.59 bits per heavy atom. The SMILES string of the molecule is C[C@H]1C[C@@H]1c1ccc(/C=N\NC(=O)C(N)=O)o1. The van der Waals surface area contributed by atoms with Crippen LogP contribution in [-0.2, 0) is 9.59 Å². The lowest BCUT2D eigenvalue weighted by Gasteiger charge is -1.92. The van der Waals surface area contributed by atoms with Gasteiger partial charge in [-0.15, -0.1) is 0 Å². The van der Waals surface area contributed by atoms with Crippen molar-refractivity contribution in [1.82, 2.24) is 5.43 Å². The van der Waals surface area contributed by atoms with Gasteiger partial charge in [0.15, 0.2) is 0 Å². The van der Waals surface area contributed by atoms with Gasteiger partial charge in [0.25, 0.3) is 0 Å². The van der Waals surface area contributed by atoms with Gasteiger partial charge in [-0.25, -0.2) is 5.43 Å². The molecule has 2 atom stereocenters. The maximum atomic E-state index is 10.8. The molecule has 0 saturated heterocycles. The largest absolute Gasteiger partial charge is 0.460 e. The summed E-state index contributed by atoms with van der Waals surface area (Å²) in [6.07, 6.45) is 2.47. The second-order valence-corrected chi connectivity index (χ2v) is 4.12. The summed E-state index contributed by atoms with van der Waals surface area (Å²) in [5.74, 6) is 0.597. The summed E-state index contributed by atoms with van der Waals surface area (Å²) in [4.78, 5) is 21.2. The third kappa shape index (κ3) is 2.72. The predicted molar refractivity (Wildman–Crippen MR) is 60.2 cm³/mol. The predicted octanol–water partition coefficient (Wildman–Crippen LogP) is 0.338. The number of nitrogens with one attached hydrogen (secondary N) is 1. The molecule has 2 rings (SSSR count). The smallest absolute Gasteiger partial charge is 0.329 e. The molecule has 2 amide bonds. The summed E-state index contributed by atoms with van der Waals surface area (Å²) in [5.41, 5.74) is 6.72. The van der Waals surface area contributed by atoms with Crippen molar-refractivity contribution >= 4 is 18.0 Å². The summed E-state index contributed by atoms with van der Waals surface area (Å²) in [6.45, 7) is 2.16. The van der Waals surface area contributed by atoms with Crippen molar-refractivity contribution in [2.75, 3.05) is 0 Å². The zero-order valence-electron chi connectivity index (χ0n) is 9.34. The van der Waals surface area contributed by atoms with Gasteiger partial charge in [0.1, 0.15) is 11.5 Å². The molecule has 0 aromatic carbocycles. The number of nitrogens with two attached hydrogens (primary N) is 1. The van der Waals surface area contributed by atoms with Crippen LogP contribution in [0.5, 0.6) is 0 Å². The topological polar surface area (TPSA) is 97.7 Å². The Balaban J connectivity index is 1.90. The number of primary amides is 1. The molecule has 0 bridgehead atoms. The molecule has 90 valence electrons. The van der Waals surface area contributed by atoms with E-state index in [-0.39, 0.29) is 0 Å². The minimum atomic E-state index is -1.07. The molecule has 1 aliphatic rings. The van der Waals surface area contributed by atoms with Gasteiger partial charge in [-0.05, 0) is 24.5 Å². The highest BCUT2D eigenvalue weighted by molar-refractivity contribution is 6.34. The summed E-state index contributed by atoms with van der Waals surface area (Å²) >= 11 is 0. The molecule has 6 heteroatoms. The molecule has 3 N–H and O–H groups in total. The standard InChI is InChI=1S/C11H13N3O3/c1-6-4-8(6)9-3-2-7(17-9)5-13-14-11(16)10(12)15/h2-3,5-6,8H,4H2,1H3,(H2,12,15)(H,14,16)/b13-5-/t6-,8-/m0/s1. The molecule has 0 aliphatic heterocycles. The van der Waals surface area contributed by atoms with Gasteiger partial charge < -0.3 is 10.2 Å². The van der Waals surface area contributed by atoms with Gasteiger partial charge in [-0.2, -0.15) is 5.10 Å². The first-order valence-corrected chi connectivity index (χ1v) is 5.30. The molecule has 1 aromatic rings. The highest BCUT2D eigenvalue weighted by Gasteiger charge is 2.36. The van der Waals surface area contributed by atoms with Crippen molar-refractivity contribution in [2.45, 2.75) is 19.3 Å². The molecule has 0 unspecified atom stereocenters. The number of hydrogen-bond acceptors (Lipinski definition) is 4. The lowest BCUT2D eigenvalue weighted by Crippen LogP contribution is -2.32. The third-order valence-electron chi connectivity index (χ3n) is 2.70. The van der Waals surface area contributed by atoms with Crippen molar-refractivity contribution in [3.05, 3.63) is 23.7 Å². The number of carbonyl (C=O) groups excluding carboxylic acids is 2.